The first kappa shape index (κ1) is 13.3. The lowest BCUT2D eigenvalue weighted by Crippen LogP contribution is -2.02. The van der Waals surface area contributed by atoms with Crippen LogP contribution in [0.1, 0.15) is 40.2 Å². The van der Waals surface area contributed by atoms with Crippen molar-refractivity contribution >= 4 is 5.78 Å². The molecule has 1 heterocycles. The smallest absolute Gasteiger partial charge is 0.232 e. The molecule has 0 amide bonds. The zero-order chi connectivity index (χ0) is 14.0. The highest BCUT2D eigenvalue weighted by Crippen LogP contribution is 2.22. The third kappa shape index (κ3) is 3.02. The summed E-state index contributed by atoms with van der Waals surface area (Å²) in [6.45, 7) is 7.43. The van der Waals surface area contributed by atoms with Gasteiger partial charge in [0.1, 0.15) is 11.5 Å². The van der Waals surface area contributed by atoms with Gasteiger partial charge < -0.3 is 9.15 Å². The second-order valence-corrected chi connectivity index (χ2v) is 4.59. The zero-order valence-electron chi connectivity index (χ0n) is 11.6. The van der Waals surface area contributed by atoms with Gasteiger partial charge in [-0.1, -0.05) is 11.6 Å². The largest absolute Gasteiger partial charge is 0.483 e. The van der Waals surface area contributed by atoms with Crippen LogP contribution in [0.4, 0.5) is 0 Å². The summed E-state index contributed by atoms with van der Waals surface area (Å²) in [7, 11) is 0. The number of aromatic nitrogens is 1. The third-order valence-electron chi connectivity index (χ3n) is 2.94. The Kier molecular flexibility index (Phi) is 3.69. The molecule has 100 valence electrons. The van der Waals surface area contributed by atoms with Crippen molar-refractivity contribution in [1.82, 2.24) is 4.98 Å². The normalized spacial score (nSPS) is 10.5. The van der Waals surface area contributed by atoms with E-state index in [4.69, 9.17) is 9.15 Å². The van der Waals surface area contributed by atoms with E-state index in [-0.39, 0.29) is 12.4 Å². The molecular weight excluding hydrogens is 242 g/mol. The van der Waals surface area contributed by atoms with Crippen molar-refractivity contribution < 1.29 is 13.9 Å². The molecule has 0 aliphatic heterocycles. The molecule has 0 spiro atoms. The van der Waals surface area contributed by atoms with E-state index >= 15 is 0 Å². The quantitative estimate of drug-likeness (QED) is 0.790. The molecule has 2 aromatic rings. The second kappa shape index (κ2) is 5.26. The Bertz CT molecular complexity index is 594. The van der Waals surface area contributed by atoms with Crippen molar-refractivity contribution in [3.63, 3.8) is 0 Å². The molecule has 0 saturated heterocycles. The lowest BCUT2D eigenvalue weighted by Gasteiger charge is -2.08. The lowest BCUT2D eigenvalue weighted by molar-refractivity contribution is 0.101. The second-order valence-electron chi connectivity index (χ2n) is 4.59. The van der Waals surface area contributed by atoms with E-state index in [2.05, 4.69) is 4.98 Å². The van der Waals surface area contributed by atoms with Gasteiger partial charge in [-0.25, -0.2) is 4.98 Å². The van der Waals surface area contributed by atoms with E-state index in [1.54, 1.807) is 6.07 Å². The maximum atomic E-state index is 11.6. The molecule has 0 aliphatic carbocycles. The fourth-order valence-electron chi connectivity index (χ4n) is 1.79. The van der Waals surface area contributed by atoms with Crippen LogP contribution in [0.2, 0.25) is 0 Å². The summed E-state index contributed by atoms with van der Waals surface area (Å²) in [6.07, 6.45) is 0. The van der Waals surface area contributed by atoms with Crippen LogP contribution < -0.4 is 4.74 Å². The predicted octanol–water partition coefficient (Wildman–Crippen LogP) is 3.38. The number of rotatable bonds is 4. The van der Waals surface area contributed by atoms with Crippen LogP contribution in [-0.2, 0) is 6.61 Å². The highest BCUT2D eigenvalue weighted by molar-refractivity contribution is 5.97. The maximum Gasteiger partial charge on any atom is 0.232 e. The molecule has 0 unspecified atom stereocenters. The van der Waals surface area contributed by atoms with Gasteiger partial charge in [0.05, 0.1) is 11.3 Å². The third-order valence-corrected chi connectivity index (χ3v) is 2.94. The number of nitrogens with zero attached hydrogens (tertiary/aromatic N) is 1. The Morgan fingerprint density at radius 2 is 2.05 bits per heavy atom. The molecule has 0 aliphatic rings. The van der Waals surface area contributed by atoms with Crippen molar-refractivity contribution in [3.05, 3.63) is 46.7 Å². The first-order valence-corrected chi connectivity index (χ1v) is 6.14. The summed E-state index contributed by atoms with van der Waals surface area (Å²) in [5.74, 6) is 1.85. The predicted molar refractivity (Wildman–Crippen MR) is 71.5 cm³/mol. The van der Waals surface area contributed by atoms with Gasteiger partial charge in [0, 0.05) is 0 Å². The van der Waals surface area contributed by atoms with Crippen molar-refractivity contribution in [1.29, 1.82) is 0 Å². The standard InChI is InChI=1S/C15H17NO3/c1-9-5-6-14(13(7-9)11(3)17)18-8-15-16-10(2)12(4)19-15/h5-7H,8H2,1-4H3. The Labute approximate surface area is 112 Å². The van der Waals surface area contributed by atoms with E-state index in [0.717, 1.165) is 17.0 Å². The van der Waals surface area contributed by atoms with Crippen molar-refractivity contribution in [2.75, 3.05) is 0 Å². The summed E-state index contributed by atoms with van der Waals surface area (Å²) in [4.78, 5) is 15.8. The van der Waals surface area contributed by atoms with Crippen LogP contribution in [-0.4, -0.2) is 10.8 Å². The maximum absolute atomic E-state index is 11.6. The summed E-state index contributed by atoms with van der Waals surface area (Å²) in [5.41, 5.74) is 2.47. The number of carbonyl (C=O) groups excluding carboxylic acids is 1. The summed E-state index contributed by atoms with van der Waals surface area (Å²) in [6, 6.07) is 5.53. The Morgan fingerprint density at radius 1 is 1.32 bits per heavy atom. The topological polar surface area (TPSA) is 52.3 Å². The van der Waals surface area contributed by atoms with E-state index in [9.17, 15) is 4.79 Å². The molecule has 4 nitrogen and oxygen atoms in total. The summed E-state index contributed by atoms with van der Waals surface area (Å²) >= 11 is 0. The molecular formula is C15H17NO3. The number of hydrogen-bond acceptors (Lipinski definition) is 4. The molecule has 1 aromatic carbocycles. The fraction of sp³-hybridized carbons (Fsp3) is 0.333. The van der Waals surface area contributed by atoms with Crippen molar-refractivity contribution in [2.24, 2.45) is 0 Å². The highest BCUT2D eigenvalue weighted by Gasteiger charge is 2.11. The number of hydrogen-bond donors (Lipinski definition) is 0. The lowest BCUT2D eigenvalue weighted by atomic mass is 10.1. The van der Waals surface area contributed by atoms with Crippen molar-refractivity contribution in [3.8, 4) is 5.75 Å². The van der Waals surface area contributed by atoms with E-state index in [1.807, 2.05) is 32.9 Å². The van der Waals surface area contributed by atoms with E-state index < -0.39 is 0 Å². The molecule has 4 heteroatoms. The average Bonchev–Trinajstić information content (AvgIpc) is 2.67. The Balaban J connectivity index is 2.17. The number of benzene rings is 1. The molecule has 0 radical (unpaired) electrons. The number of ether oxygens (including phenoxy) is 1. The molecule has 19 heavy (non-hydrogen) atoms. The van der Waals surface area contributed by atoms with Gasteiger partial charge in [0.25, 0.3) is 0 Å². The van der Waals surface area contributed by atoms with Crippen LogP contribution >= 0.6 is 0 Å². The van der Waals surface area contributed by atoms with Gasteiger partial charge in [-0.3, -0.25) is 4.79 Å². The molecule has 0 bridgehead atoms. The SMILES string of the molecule is CC(=O)c1cc(C)ccc1OCc1nc(C)c(C)o1. The van der Waals surface area contributed by atoms with Crippen LogP contribution in [0.25, 0.3) is 0 Å². The number of Topliss-reactive ketones (excluding diaryl/α,β-unsaturated/α-hetero) is 1. The van der Waals surface area contributed by atoms with Gasteiger partial charge in [0.2, 0.25) is 5.89 Å². The Hall–Kier alpha value is -2.10. The first-order valence-electron chi connectivity index (χ1n) is 6.14. The van der Waals surface area contributed by atoms with Crippen molar-refractivity contribution in [2.45, 2.75) is 34.3 Å². The first-order chi connectivity index (χ1) is 8.97. The van der Waals surface area contributed by atoms with Gasteiger partial charge >= 0.3 is 0 Å². The Morgan fingerprint density at radius 3 is 2.63 bits per heavy atom. The molecule has 0 N–H and O–H groups in total. The fourth-order valence-corrected chi connectivity index (χ4v) is 1.79. The minimum atomic E-state index is -0.0153. The van der Waals surface area contributed by atoms with Gasteiger partial charge in [-0.05, 0) is 39.8 Å². The molecule has 0 saturated carbocycles. The summed E-state index contributed by atoms with van der Waals surface area (Å²) in [5, 5.41) is 0. The van der Waals surface area contributed by atoms with Crippen LogP contribution in [0.15, 0.2) is 22.6 Å². The molecule has 1 aromatic heterocycles. The average molecular weight is 259 g/mol. The van der Waals surface area contributed by atoms with Crippen LogP contribution in [0.5, 0.6) is 5.75 Å². The van der Waals surface area contributed by atoms with Gasteiger partial charge in [-0.2, -0.15) is 0 Å². The highest BCUT2D eigenvalue weighted by atomic mass is 16.5. The molecule has 0 atom stereocenters. The van der Waals surface area contributed by atoms with Crippen LogP contribution in [0.3, 0.4) is 0 Å². The zero-order valence-corrected chi connectivity index (χ0v) is 11.6. The van der Waals surface area contributed by atoms with Gasteiger partial charge in [-0.15, -0.1) is 0 Å². The minimum Gasteiger partial charge on any atom is -0.483 e. The number of ketones is 1. The van der Waals surface area contributed by atoms with Gasteiger partial charge in [0.15, 0.2) is 12.4 Å². The van der Waals surface area contributed by atoms with E-state index in [1.165, 1.54) is 6.92 Å². The summed E-state index contributed by atoms with van der Waals surface area (Å²) < 4.78 is 11.1. The number of aryl methyl sites for hydroxylation is 3. The minimum absolute atomic E-state index is 0.0153. The van der Waals surface area contributed by atoms with E-state index in [0.29, 0.717) is 17.2 Å². The monoisotopic (exact) mass is 259 g/mol. The molecule has 2 rings (SSSR count). The number of carbonyl (C=O) groups is 1. The molecule has 0 fully saturated rings. The van der Waals surface area contributed by atoms with Crippen LogP contribution in [0, 0.1) is 20.8 Å². The number of oxazole rings is 1.